The fourth-order valence-corrected chi connectivity index (χ4v) is 1.16. The first-order valence-electron chi connectivity index (χ1n) is 4.11. The van der Waals surface area contributed by atoms with Crippen molar-refractivity contribution in [3.8, 4) is 0 Å². The van der Waals surface area contributed by atoms with Gasteiger partial charge in [0.2, 0.25) is 0 Å². The van der Waals surface area contributed by atoms with Crippen molar-refractivity contribution in [3.63, 3.8) is 0 Å². The molecule has 12 heavy (non-hydrogen) atoms. The number of aliphatic hydroxyl groups excluding tert-OH is 1. The molecule has 0 unspecified atom stereocenters. The van der Waals surface area contributed by atoms with Gasteiger partial charge in [-0.15, -0.1) is 0 Å². The summed E-state index contributed by atoms with van der Waals surface area (Å²) in [5.74, 6) is 0. The average molecular weight is 165 g/mol. The molecular weight excluding hydrogens is 150 g/mol. The molecule has 2 atom stereocenters. The van der Waals surface area contributed by atoms with Gasteiger partial charge in [0.15, 0.2) is 0 Å². The van der Waals surface area contributed by atoms with Crippen molar-refractivity contribution >= 4 is 0 Å². The first-order valence-corrected chi connectivity index (χ1v) is 4.11. The number of hydrogen-bond donors (Lipinski definition) is 2. The molecule has 1 aromatic carbocycles. The van der Waals surface area contributed by atoms with E-state index in [0.717, 1.165) is 11.1 Å². The highest BCUT2D eigenvalue weighted by molar-refractivity contribution is 5.24. The van der Waals surface area contributed by atoms with Crippen LogP contribution in [0, 0.1) is 6.92 Å². The lowest BCUT2D eigenvalue weighted by molar-refractivity contribution is 0.153. The largest absolute Gasteiger partial charge is 0.387 e. The van der Waals surface area contributed by atoms with Crippen molar-refractivity contribution in [1.82, 2.24) is 0 Å². The fraction of sp³-hybridized carbons (Fsp3) is 0.400. The summed E-state index contributed by atoms with van der Waals surface area (Å²) in [4.78, 5) is 0. The zero-order valence-corrected chi connectivity index (χ0v) is 7.49. The molecule has 0 aliphatic rings. The van der Waals surface area contributed by atoms with Gasteiger partial charge in [-0.25, -0.2) is 0 Å². The predicted octanol–water partition coefficient (Wildman–Crippen LogP) is 1.38. The van der Waals surface area contributed by atoms with Crippen LogP contribution in [0.5, 0.6) is 0 Å². The van der Waals surface area contributed by atoms with Crippen LogP contribution in [-0.4, -0.2) is 11.1 Å². The maximum atomic E-state index is 9.60. The quantitative estimate of drug-likeness (QED) is 0.695. The molecule has 2 nitrogen and oxygen atoms in total. The average Bonchev–Trinajstić information content (AvgIpc) is 2.03. The topological polar surface area (TPSA) is 46.2 Å². The Morgan fingerprint density at radius 2 is 2.08 bits per heavy atom. The van der Waals surface area contributed by atoms with Crippen LogP contribution in [0.15, 0.2) is 24.3 Å². The molecular formula is C10H15NO. The van der Waals surface area contributed by atoms with Crippen LogP contribution in [-0.2, 0) is 0 Å². The molecule has 0 aliphatic carbocycles. The smallest absolute Gasteiger partial charge is 0.0938 e. The van der Waals surface area contributed by atoms with E-state index in [9.17, 15) is 5.11 Å². The highest BCUT2D eigenvalue weighted by Crippen LogP contribution is 2.16. The van der Waals surface area contributed by atoms with E-state index >= 15 is 0 Å². The lowest BCUT2D eigenvalue weighted by atomic mass is 10.0. The summed E-state index contributed by atoms with van der Waals surface area (Å²) in [7, 11) is 0. The van der Waals surface area contributed by atoms with Crippen LogP contribution in [0.25, 0.3) is 0 Å². The standard InChI is InChI=1S/C10H15NO/c1-7-4-3-5-9(6-7)10(12)8(2)11/h3-6,8,10,12H,11H2,1-2H3/t8-,10-/m1/s1. The van der Waals surface area contributed by atoms with E-state index in [2.05, 4.69) is 0 Å². The molecule has 0 amide bonds. The Hall–Kier alpha value is -0.860. The molecule has 2 heteroatoms. The first-order chi connectivity index (χ1) is 5.61. The number of aliphatic hydroxyl groups is 1. The van der Waals surface area contributed by atoms with Crippen LogP contribution in [0.1, 0.15) is 24.2 Å². The molecule has 0 saturated carbocycles. The molecule has 0 fully saturated rings. The van der Waals surface area contributed by atoms with Gasteiger partial charge in [0.25, 0.3) is 0 Å². The summed E-state index contributed by atoms with van der Waals surface area (Å²) in [5.41, 5.74) is 7.61. The second-order valence-electron chi connectivity index (χ2n) is 3.22. The predicted molar refractivity (Wildman–Crippen MR) is 49.8 cm³/mol. The lowest BCUT2D eigenvalue weighted by Gasteiger charge is -2.14. The van der Waals surface area contributed by atoms with E-state index in [1.54, 1.807) is 6.92 Å². The second-order valence-corrected chi connectivity index (χ2v) is 3.22. The number of rotatable bonds is 2. The van der Waals surface area contributed by atoms with Gasteiger partial charge in [-0.2, -0.15) is 0 Å². The Morgan fingerprint density at radius 1 is 1.42 bits per heavy atom. The van der Waals surface area contributed by atoms with Gasteiger partial charge >= 0.3 is 0 Å². The molecule has 0 aliphatic heterocycles. The lowest BCUT2D eigenvalue weighted by Crippen LogP contribution is -2.24. The van der Waals surface area contributed by atoms with Crippen molar-refractivity contribution in [2.75, 3.05) is 0 Å². The molecule has 0 saturated heterocycles. The van der Waals surface area contributed by atoms with Crippen molar-refractivity contribution in [3.05, 3.63) is 35.4 Å². The summed E-state index contributed by atoms with van der Waals surface area (Å²) in [6.45, 7) is 3.80. The van der Waals surface area contributed by atoms with Crippen molar-refractivity contribution in [2.24, 2.45) is 5.73 Å². The first kappa shape index (κ1) is 9.23. The van der Waals surface area contributed by atoms with Crippen LogP contribution in [0.2, 0.25) is 0 Å². The van der Waals surface area contributed by atoms with E-state index < -0.39 is 6.10 Å². The van der Waals surface area contributed by atoms with E-state index in [1.807, 2.05) is 31.2 Å². The number of hydrogen-bond acceptors (Lipinski definition) is 2. The number of nitrogens with two attached hydrogens (primary N) is 1. The van der Waals surface area contributed by atoms with Gasteiger partial charge in [-0.05, 0) is 19.4 Å². The third-order valence-electron chi connectivity index (χ3n) is 1.88. The van der Waals surface area contributed by atoms with Gasteiger partial charge in [0.05, 0.1) is 6.10 Å². The maximum Gasteiger partial charge on any atom is 0.0938 e. The number of benzene rings is 1. The summed E-state index contributed by atoms with van der Waals surface area (Å²) < 4.78 is 0. The monoisotopic (exact) mass is 165 g/mol. The minimum Gasteiger partial charge on any atom is -0.387 e. The Labute approximate surface area is 73.0 Å². The maximum absolute atomic E-state index is 9.60. The van der Waals surface area contributed by atoms with Crippen LogP contribution in [0.3, 0.4) is 0 Å². The molecule has 0 heterocycles. The minimum absolute atomic E-state index is 0.216. The molecule has 66 valence electrons. The van der Waals surface area contributed by atoms with Gasteiger partial charge in [-0.1, -0.05) is 29.8 Å². The molecule has 0 spiro atoms. The van der Waals surface area contributed by atoms with Gasteiger partial charge in [-0.3, -0.25) is 0 Å². The molecule has 1 rings (SSSR count). The van der Waals surface area contributed by atoms with Gasteiger partial charge in [0, 0.05) is 6.04 Å². The summed E-state index contributed by atoms with van der Waals surface area (Å²) in [6, 6.07) is 7.55. The van der Waals surface area contributed by atoms with E-state index in [1.165, 1.54) is 0 Å². The third-order valence-corrected chi connectivity index (χ3v) is 1.88. The van der Waals surface area contributed by atoms with Gasteiger partial charge < -0.3 is 10.8 Å². The van der Waals surface area contributed by atoms with Crippen LogP contribution in [0.4, 0.5) is 0 Å². The van der Waals surface area contributed by atoms with E-state index in [0.29, 0.717) is 0 Å². The molecule has 0 bridgehead atoms. The Balaban J connectivity index is 2.88. The number of aryl methyl sites for hydroxylation is 1. The van der Waals surface area contributed by atoms with Crippen molar-refractivity contribution in [1.29, 1.82) is 0 Å². The Morgan fingerprint density at radius 3 is 2.58 bits per heavy atom. The Kier molecular flexibility index (Phi) is 2.84. The SMILES string of the molecule is Cc1cccc([C@H](O)[C@@H](C)N)c1. The fourth-order valence-electron chi connectivity index (χ4n) is 1.16. The normalized spacial score (nSPS) is 15.7. The molecule has 1 aromatic rings. The molecule has 0 radical (unpaired) electrons. The van der Waals surface area contributed by atoms with E-state index in [-0.39, 0.29) is 6.04 Å². The molecule has 0 aromatic heterocycles. The zero-order valence-electron chi connectivity index (χ0n) is 7.49. The summed E-state index contributed by atoms with van der Waals surface area (Å²) in [6.07, 6.45) is -0.551. The highest BCUT2D eigenvalue weighted by atomic mass is 16.3. The van der Waals surface area contributed by atoms with Crippen LogP contribution < -0.4 is 5.73 Å². The minimum atomic E-state index is -0.551. The highest BCUT2D eigenvalue weighted by Gasteiger charge is 2.11. The van der Waals surface area contributed by atoms with Crippen molar-refractivity contribution in [2.45, 2.75) is 26.0 Å². The zero-order chi connectivity index (χ0) is 9.14. The third kappa shape index (κ3) is 2.06. The van der Waals surface area contributed by atoms with Crippen LogP contribution >= 0.6 is 0 Å². The van der Waals surface area contributed by atoms with Gasteiger partial charge in [0.1, 0.15) is 0 Å². The summed E-state index contributed by atoms with van der Waals surface area (Å²) in [5, 5.41) is 9.60. The second kappa shape index (κ2) is 3.70. The van der Waals surface area contributed by atoms with E-state index in [4.69, 9.17) is 5.73 Å². The Bertz CT molecular complexity index is 258. The summed E-state index contributed by atoms with van der Waals surface area (Å²) >= 11 is 0. The molecule has 3 N–H and O–H groups in total. The van der Waals surface area contributed by atoms with Crippen molar-refractivity contribution < 1.29 is 5.11 Å².